The molecule has 0 radical (unpaired) electrons. The quantitative estimate of drug-likeness (QED) is 0.596. The molecular formula is C16H16ClNO4S. The van der Waals surface area contributed by atoms with E-state index in [4.69, 9.17) is 16.3 Å². The van der Waals surface area contributed by atoms with Crippen LogP contribution in [0.25, 0.3) is 6.08 Å². The maximum atomic E-state index is 12.3. The van der Waals surface area contributed by atoms with E-state index in [0.717, 1.165) is 16.7 Å². The van der Waals surface area contributed by atoms with Gasteiger partial charge < -0.3 is 4.74 Å². The number of hydrogen-bond acceptors (Lipinski definition) is 5. The molecule has 1 heterocycles. The highest BCUT2D eigenvalue weighted by Crippen LogP contribution is 2.33. The van der Waals surface area contributed by atoms with Gasteiger partial charge in [-0.1, -0.05) is 36.7 Å². The second kappa shape index (κ2) is 7.66. The minimum Gasteiger partial charge on any atom is -0.461 e. The lowest BCUT2D eigenvalue weighted by atomic mass is 10.2. The molecule has 1 fully saturated rings. The van der Waals surface area contributed by atoms with E-state index in [-0.39, 0.29) is 17.6 Å². The number of carbonyl (C=O) groups excluding carboxylic acids is 3. The third-order valence-electron chi connectivity index (χ3n) is 3.26. The van der Waals surface area contributed by atoms with Crippen LogP contribution in [-0.4, -0.2) is 34.7 Å². The van der Waals surface area contributed by atoms with Gasteiger partial charge in [0, 0.05) is 5.02 Å². The summed E-state index contributed by atoms with van der Waals surface area (Å²) in [5, 5.41) is -0.00937. The van der Waals surface area contributed by atoms with Crippen LogP contribution in [0, 0.1) is 0 Å². The number of thioether (sulfide) groups is 1. The van der Waals surface area contributed by atoms with Crippen LogP contribution >= 0.6 is 23.4 Å². The topological polar surface area (TPSA) is 63.7 Å². The normalized spacial score (nSPS) is 17.7. The van der Waals surface area contributed by atoms with Crippen molar-refractivity contribution in [1.82, 2.24) is 4.90 Å². The fourth-order valence-electron chi connectivity index (χ4n) is 1.84. The van der Waals surface area contributed by atoms with Gasteiger partial charge in [0.05, 0.1) is 11.0 Å². The van der Waals surface area contributed by atoms with E-state index in [9.17, 15) is 14.4 Å². The molecule has 1 atom stereocenters. The Morgan fingerprint density at radius 2 is 2.09 bits per heavy atom. The predicted molar refractivity (Wildman–Crippen MR) is 90.0 cm³/mol. The van der Waals surface area contributed by atoms with Crippen molar-refractivity contribution >= 4 is 46.6 Å². The van der Waals surface area contributed by atoms with E-state index in [1.165, 1.54) is 0 Å². The summed E-state index contributed by atoms with van der Waals surface area (Å²) in [6, 6.07) is 7.00. The van der Waals surface area contributed by atoms with E-state index >= 15 is 0 Å². The molecule has 23 heavy (non-hydrogen) atoms. The number of halogens is 1. The number of nitrogens with zero attached hydrogens (tertiary/aromatic N) is 1. The number of benzene rings is 1. The molecule has 1 saturated heterocycles. The molecule has 0 unspecified atom stereocenters. The van der Waals surface area contributed by atoms with Gasteiger partial charge in [0.2, 0.25) is 0 Å². The number of amides is 2. The summed E-state index contributed by atoms with van der Waals surface area (Å²) in [4.78, 5) is 37.1. The van der Waals surface area contributed by atoms with Crippen molar-refractivity contribution in [2.45, 2.75) is 26.4 Å². The molecule has 1 aliphatic heterocycles. The van der Waals surface area contributed by atoms with Crippen LogP contribution in [0.5, 0.6) is 0 Å². The Labute approximate surface area is 143 Å². The van der Waals surface area contributed by atoms with Crippen LogP contribution in [0.2, 0.25) is 5.02 Å². The van der Waals surface area contributed by atoms with Crippen LogP contribution < -0.4 is 0 Å². The summed E-state index contributed by atoms with van der Waals surface area (Å²) in [6.45, 7) is 3.25. The maximum absolute atomic E-state index is 12.3. The van der Waals surface area contributed by atoms with Crippen LogP contribution in [0.1, 0.15) is 25.8 Å². The molecule has 1 aromatic rings. The van der Waals surface area contributed by atoms with Gasteiger partial charge in [-0.3, -0.25) is 19.3 Å². The van der Waals surface area contributed by atoms with Crippen molar-refractivity contribution in [2.24, 2.45) is 0 Å². The van der Waals surface area contributed by atoms with Gasteiger partial charge in [-0.25, -0.2) is 0 Å². The first-order valence-corrected chi connectivity index (χ1v) is 8.31. The third kappa shape index (κ3) is 4.36. The van der Waals surface area contributed by atoms with E-state index in [1.54, 1.807) is 37.3 Å². The number of imide groups is 1. The minimum absolute atomic E-state index is 0.236. The van der Waals surface area contributed by atoms with Crippen LogP contribution in [-0.2, 0) is 14.3 Å². The highest BCUT2D eigenvalue weighted by atomic mass is 35.5. The molecule has 0 saturated carbocycles. The average molecular weight is 354 g/mol. The van der Waals surface area contributed by atoms with Gasteiger partial charge >= 0.3 is 5.97 Å². The van der Waals surface area contributed by atoms with Gasteiger partial charge in [0.15, 0.2) is 0 Å². The van der Waals surface area contributed by atoms with Crippen LogP contribution in [0.15, 0.2) is 29.2 Å². The lowest BCUT2D eigenvalue weighted by molar-refractivity contribution is -0.150. The number of ether oxygens (including phenoxy) is 1. The minimum atomic E-state index is -0.597. The van der Waals surface area contributed by atoms with Crippen molar-refractivity contribution in [3.05, 3.63) is 39.8 Å². The maximum Gasteiger partial charge on any atom is 0.326 e. The molecule has 0 bridgehead atoms. The Balaban J connectivity index is 2.11. The molecule has 1 aliphatic rings. The number of hydrogen-bond donors (Lipinski definition) is 0. The standard InChI is InChI=1S/C16H16ClNO4S/c1-3-10(2)22-14(19)9-18-15(20)13(23-16(18)21)8-11-6-4-5-7-12(11)17/h4-8,10H,3,9H2,1-2H3/b13-8+/t10-/m1/s1. The monoisotopic (exact) mass is 353 g/mol. The first-order chi connectivity index (χ1) is 10.9. The SMILES string of the molecule is CC[C@@H](C)OC(=O)CN1C(=O)S/C(=C/c2ccccc2Cl)C1=O. The zero-order valence-electron chi connectivity index (χ0n) is 12.7. The molecule has 1 aromatic carbocycles. The fourth-order valence-corrected chi connectivity index (χ4v) is 2.86. The Morgan fingerprint density at radius 3 is 2.74 bits per heavy atom. The van der Waals surface area contributed by atoms with Gasteiger partial charge in [0.1, 0.15) is 6.54 Å². The summed E-state index contributed by atoms with van der Waals surface area (Å²) in [7, 11) is 0. The van der Waals surface area contributed by atoms with Gasteiger partial charge in [-0.05, 0) is 42.8 Å². The second-order valence-corrected chi connectivity index (χ2v) is 6.40. The molecule has 0 N–H and O–H groups in total. The molecule has 2 amide bonds. The zero-order valence-corrected chi connectivity index (χ0v) is 14.3. The number of esters is 1. The van der Waals surface area contributed by atoms with Gasteiger partial charge in [-0.15, -0.1) is 0 Å². The van der Waals surface area contributed by atoms with Gasteiger partial charge in [-0.2, -0.15) is 0 Å². The van der Waals surface area contributed by atoms with Crippen molar-refractivity contribution < 1.29 is 19.1 Å². The molecular weight excluding hydrogens is 338 g/mol. The Bertz CT molecular complexity index is 674. The molecule has 2 rings (SSSR count). The highest BCUT2D eigenvalue weighted by Gasteiger charge is 2.36. The average Bonchev–Trinajstić information content (AvgIpc) is 2.77. The lowest BCUT2D eigenvalue weighted by Crippen LogP contribution is -2.35. The summed E-state index contributed by atoms with van der Waals surface area (Å²) in [5.41, 5.74) is 0.641. The summed E-state index contributed by atoms with van der Waals surface area (Å²) < 4.78 is 5.10. The highest BCUT2D eigenvalue weighted by molar-refractivity contribution is 8.18. The smallest absolute Gasteiger partial charge is 0.326 e. The third-order valence-corrected chi connectivity index (χ3v) is 4.51. The summed E-state index contributed by atoms with van der Waals surface area (Å²) >= 11 is 6.83. The fraction of sp³-hybridized carbons (Fsp3) is 0.312. The summed E-state index contributed by atoms with van der Waals surface area (Å²) in [5.74, 6) is -1.11. The molecule has 0 aromatic heterocycles. The first kappa shape index (κ1) is 17.6. The number of carbonyl (C=O) groups is 3. The lowest BCUT2D eigenvalue weighted by Gasteiger charge is -2.14. The molecule has 7 heteroatoms. The van der Waals surface area contributed by atoms with E-state index < -0.39 is 17.1 Å². The van der Waals surface area contributed by atoms with Crippen LogP contribution in [0.3, 0.4) is 0 Å². The van der Waals surface area contributed by atoms with Crippen molar-refractivity contribution in [3.8, 4) is 0 Å². The molecule has 122 valence electrons. The number of rotatable bonds is 5. The van der Waals surface area contributed by atoms with E-state index in [1.807, 2.05) is 6.92 Å². The Hall–Kier alpha value is -1.79. The van der Waals surface area contributed by atoms with Crippen molar-refractivity contribution in [1.29, 1.82) is 0 Å². The molecule has 0 spiro atoms. The van der Waals surface area contributed by atoms with E-state index in [2.05, 4.69) is 0 Å². The van der Waals surface area contributed by atoms with E-state index in [0.29, 0.717) is 17.0 Å². The zero-order chi connectivity index (χ0) is 17.0. The predicted octanol–water partition coefficient (Wildman–Crippen LogP) is 3.72. The summed E-state index contributed by atoms with van der Waals surface area (Å²) in [6.07, 6.45) is 1.97. The van der Waals surface area contributed by atoms with Gasteiger partial charge in [0.25, 0.3) is 11.1 Å². The van der Waals surface area contributed by atoms with Crippen molar-refractivity contribution in [3.63, 3.8) is 0 Å². The molecule has 0 aliphatic carbocycles. The van der Waals surface area contributed by atoms with Crippen LogP contribution in [0.4, 0.5) is 4.79 Å². The second-order valence-electron chi connectivity index (χ2n) is 5.00. The molecule has 5 nitrogen and oxygen atoms in total. The Kier molecular flexibility index (Phi) is 5.85. The Morgan fingerprint density at radius 1 is 1.39 bits per heavy atom. The first-order valence-electron chi connectivity index (χ1n) is 7.11. The largest absolute Gasteiger partial charge is 0.461 e. The van der Waals surface area contributed by atoms with Crippen molar-refractivity contribution in [2.75, 3.05) is 6.54 Å².